The summed E-state index contributed by atoms with van der Waals surface area (Å²) in [6.07, 6.45) is 0. The quantitative estimate of drug-likeness (QED) is 0.622. The zero-order valence-electron chi connectivity index (χ0n) is 12.1. The maximum atomic E-state index is 11.2. The van der Waals surface area contributed by atoms with E-state index in [-0.39, 0.29) is 6.54 Å². The molecule has 0 spiro atoms. The van der Waals surface area contributed by atoms with Gasteiger partial charge in [0, 0.05) is 0 Å². The van der Waals surface area contributed by atoms with Gasteiger partial charge in [0.1, 0.15) is 24.4 Å². The average Bonchev–Trinajstić information content (AvgIpc) is 3.10. The Balaban J connectivity index is 1.83. The van der Waals surface area contributed by atoms with Crippen molar-refractivity contribution in [3.05, 3.63) is 54.4 Å². The Morgan fingerprint density at radius 1 is 1.00 bits per heavy atom. The first kappa shape index (κ1) is 13.4. The van der Waals surface area contributed by atoms with Crippen LogP contribution < -0.4 is 0 Å². The van der Waals surface area contributed by atoms with Gasteiger partial charge in [-0.25, -0.2) is 9.67 Å². The van der Waals surface area contributed by atoms with Gasteiger partial charge in [-0.3, -0.25) is 4.79 Å². The molecule has 1 N–H and O–H groups in total. The monoisotopic (exact) mass is 307 g/mol. The summed E-state index contributed by atoms with van der Waals surface area (Å²) in [5.41, 5.74) is 3.26. The number of carbonyl (C=O) groups is 1. The fraction of sp³-hybridized carbons (Fsp3) is 0.125. The van der Waals surface area contributed by atoms with E-state index in [1.54, 1.807) is 9.25 Å². The number of aromatic nitrogens is 5. The highest BCUT2D eigenvalue weighted by atomic mass is 16.4. The molecule has 2 heterocycles. The van der Waals surface area contributed by atoms with E-state index in [1.165, 1.54) is 0 Å². The lowest BCUT2D eigenvalue weighted by Crippen LogP contribution is -2.14. The van der Waals surface area contributed by atoms with Crippen molar-refractivity contribution in [3.63, 3.8) is 0 Å². The molecule has 2 aromatic carbocycles. The van der Waals surface area contributed by atoms with Gasteiger partial charge in [0.05, 0.1) is 16.6 Å². The molecule has 0 unspecified atom stereocenters. The molecule has 4 rings (SSSR count). The highest BCUT2D eigenvalue weighted by molar-refractivity contribution is 5.78. The number of aliphatic carboxylic acids is 1. The highest BCUT2D eigenvalue weighted by Gasteiger charge is 2.15. The molecule has 0 saturated heterocycles. The molecule has 0 aliphatic carbocycles. The first-order chi connectivity index (χ1) is 11.2. The van der Waals surface area contributed by atoms with Gasteiger partial charge < -0.3 is 9.67 Å². The van der Waals surface area contributed by atoms with Crippen LogP contribution in [0.3, 0.4) is 0 Å². The van der Waals surface area contributed by atoms with Gasteiger partial charge in [-0.1, -0.05) is 29.5 Å². The first-order valence-corrected chi connectivity index (χ1v) is 7.16. The van der Waals surface area contributed by atoms with Gasteiger partial charge in [0.2, 0.25) is 0 Å². The summed E-state index contributed by atoms with van der Waals surface area (Å²) in [6, 6.07) is 15.1. The summed E-state index contributed by atoms with van der Waals surface area (Å²) in [6.45, 7) is 0.227. The van der Waals surface area contributed by atoms with E-state index < -0.39 is 5.97 Å². The van der Waals surface area contributed by atoms with Crippen LogP contribution in [0.1, 0.15) is 5.82 Å². The molecule has 0 bridgehead atoms. The summed E-state index contributed by atoms with van der Waals surface area (Å²) in [5, 5.41) is 17.4. The molecule has 23 heavy (non-hydrogen) atoms. The number of imidazole rings is 1. The average molecular weight is 307 g/mol. The van der Waals surface area contributed by atoms with Gasteiger partial charge >= 0.3 is 5.97 Å². The maximum Gasteiger partial charge on any atom is 0.323 e. The zero-order chi connectivity index (χ0) is 15.8. The number of nitrogens with zero attached hydrogens (tertiary/aromatic N) is 5. The van der Waals surface area contributed by atoms with Crippen LogP contribution in [0, 0.1) is 0 Å². The normalized spacial score (nSPS) is 11.3. The third kappa shape index (κ3) is 2.32. The molecule has 0 radical (unpaired) electrons. The van der Waals surface area contributed by atoms with Gasteiger partial charge in [-0.15, -0.1) is 5.10 Å². The molecule has 7 nitrogen and oxygen atoms in total. The number of hydrogen-bond acceptors (Lipinski definition) is 4. The largest absolute Gasteiger partial charge is 0.480 e. The van der Waals surface area contributed by atoms with Crippen LogP contribution in [0.4, 0.5) is 0 Å². The molecular formula is C16H13N5O2. The minimum absolute atomic E-state index is 0.136. The number of fused-ring (bicyclic) bond motifs is 2. The Kier molecular flexibility index (Phi) is 3.04. The van der Waals surface area contributed by atoms with Crippen molar-refractivity contribution in [3.8, 4) is 0 Å². The van der Waals surface area contributed by atoms with E-state index in [2.05, 4.69) is 15.3 Å². The molecule has 0 fully saturated rings. The van der Waals surface area contributed by atoms with Crippen molar-refractivity contribution in [2.24, 2.45) is 0 Å². The lowest BCUT2D eigenvalue weighted by Gasteiger charge is -2.06. The number of para-hydroxylation sites is 3. The zero-order valence-corrected chi connectivity index (χ0v) is 12.1. The van der Waals surface area contributed by atoms with E-state index in [1.807, 2.05) is 48.5 Å². The molecular weight excluding hydrogens is 294 g/mol. The second-order valence-corrected chi connectivity index (χ2v) is 5.23. The van der Waals surface area contributed by atoms with Crippen molar-refractivity contribution in [1.82, 2.24) is 24.5 Å². The lowest BCUT2D eigenvalue weighted by molar-refractivity contribution is -0.137. The van der Waals surface area contributed by atoms with Gasteiger partial charge in [-0.2, -0.15) is 0 Å². The van der Waals surface area contributed by atoms with Crippen molar-refractivity contribution in [2.45, 2.75) is 13.1 Å². The standard InChI is InChI=1S/C16H13N5O2/c22-16(23)10-20-13-7-3-1-5-11(13)17-15(20)9-21-14-8-4-2-6-12(14)18-19-21/h1-8H,9-10H2,(H,22,23). The molecule has 0 amide bonds. The molecule has 2 aromatic heterocycles. The third-order valence-electron chi connectivity index (χ3n) is 3.74. The van der Waals surface area contributed by atoms with E-state index in [0.29, 0.717) is 12.4 Å². The Bertz CT molecular complexity index is 1020. The minimum Gasteiger partial charge on any atom is -0.480 e. The Morgan fingerprint density at radius 2 is 1.70 bits per heavy atom. The number of carboxylic acids is 1. The number of hydrogen-bond donors (Lipinski definition) is 1. The Hall–Kier alpha value is -3.22. The summed E-state index contributed by atoms with van der Waals surface area (Å²) < 4.78 is 3.43. The van der Waals surface area contributed by atoms with Gasteiger partial charge in [0.15, 0.2) is 0 Å². The summed E-state index contributed by atoms with van der Waals surface area (Å²) in [5.74, 6) is -0.262. The van der Waals surface area contributed by atoms with Crippen molar-refractivity contribution in [1.29, 1.82) is 0 Å². The molecule has 7 heteroatoms. The fourth-order valence-electron chi connectivity index (χ4n) is 2.73. The van der Waals surface area contributed by atoms with Gasteiger partial charge in [-0.05, 0) is 24.3 Å². The Labute approximate surface area is 130 Å². The van der Waals surface area contributed by atoms with Gasteiger partial charge in [0.25, 0.3) is 0 Å². The predicted molar refractivity (Wildman–Crippen MR) is 84.0 cm³/mol. The highest BCUT2D eigenvalue weighted by Crippen LogP contribution is 2.18. The van der Waals surface area contributed by atoms with Crippen LogP contribution in [0.5, 0.6) is 0 Å². The molecule has 0 saturated carbocycles. The summed E-state index contributed by atoms with van der Waals surface area (Å²) >= 11 is 0. The van der Waals surface area contributed by atoms with Crippen molar-refractivity contribution < 1.29 is 9.90 Å². The first-order valence-electron chi connectivity index (χ1n) is 7.16. The van der Waals surface area contributed by atoms with E-state index in [4.69, 9.17) is 0 Å². The summed E-state index contributed by atoms with van der Waals surface area (Å²) in [7, 11) is 0. The molecule has 4 aromatic rings. The Morgan fingerprint density at radius 3 is 2.48 bits per heavy atom. The van der Waals surface area contributed by atoms with E-state index in [0.717, 1.165) is 22.1 Å². The van der Waals surface area contributed by atoms with Crippen LogP contribution in [-0.2, 0) is 17.9 Å². The molecule has 0 atom stereocenters. The number of rotatable bonds is 4. The van der Waals surface area contributed by atoms with Crippen LogP contribution in [0.25, 0.3) is 22.1 Å². The second-order valence-electron chi connectivity index (χ2n) is 5.23. The topological polar surface area (TPSA) is 85.8 Å². The number of carboxylic acid groups (broad SMARTS) is 1. The molecule has 114 valence electrons. The third-order valence-corrected chi connectivity index (χ3v) is 3.74. The second kappa shape index (κ2) is 5.20. The fourth-order valence-corrected chi connectivity index (χ4v) is 2.73. The molecule has 0 aliphatic rings. The van der Waals surface area contributed by atoms with Crippen molar-refractivity contribution >= 4 is 28.0 Å². The minimum atomic E-state index is -0.905. The lowest BCUT2D eigenvalue weighted by atomic mass is 10.3. The predicted octanol–water partition coefficient (Wildman–Crippen LogP) is 1.91. The molecule has 0 aliphatic heterocycles. The maximum absolute atomic E-state index is 11.2. The summed E-state index contributed by atoms with van der Waals surface area (Å²) in [4.78, 5) is 15.8. The van der Waals surface area contributed by atoms with Crippen LogP contribution in [-0.4, -0.2) is 35.6 Å². The van der Waals surface area contributed by atoms with E-state index in [9.17, 15) is 9.90 Å². The van der Waals surface area contributed by atoms with Crippen LogP contribution in [0.15, 0.2) is 48.5 Å². The smallest absolute Gasteiger partial charge is 0.323 e. The van der Waals surface area contributed by atoms with Crippen LogP contribution >= 0.6 is 0 Å². The van der Waals surface area contributed by atoms with Crippen LogP contribution in [0.2, 0.25) is 0 Å². The van der Waals surface area contributed by atoms with E-state index >= 15 is 0 Å². The number of benzene rings is 2. The SMILES string of the molecule is O=C(O)Cn1c(Cn2nnc3ccccc32)nc2ccccc21. The van der Waals surface area contributed by atoms with Crippen molar-refractivity contribution in [2.75, 3.05) is 0 Å².